The maximum atomic E-state index is 14.2. The highest BCUT2D eigenvalue weighted by molar-refractivity contribution is 14.1. The Bertz CT molecular complexity index is 810. The lowest BCUT2D eigenvalue weighted by Crippen LogP contribution is -2.56. The molecule has 1 aromatic rings. The van der Waals surface area contributed by atoms with Gasteiger partial charge in [-0.25, -0.2) is 23.1 Å². The highest BCUT2D eigenvalue weighted by Crippen LogP contribution is 2.36. The van der Waals surface area contributed by atoms with Crippen molar-refractivity contribution in [1.82, 2.24) is 14.9 Å². The highest BCUT2D eigenvalue weighted by Gasteiger charge is 2.46. The van der Waals surface area contributed by atoms with Crippen LogP contribution in [0, 0.1) is 6.92 Å². The first-order valence-corrected chi connectivity index (χ1v) is 10.8. The van der Waals surface area contributed by atoms with Gasteiger partial charge in [-0.05, 0) is 29.5 Å². The van der Waals surface area contributed by atoms with Crippen molar-refractivity contribution in [2.45, 2.75) is 47.9 Å². The van der Waals surface area contributed by atoms with Crippen molar-refractivity contribution in [2.24, 2.45) is 5.73 Å². The van der Waals surface area contributed by atoms with Gasteiger partial charge in [-0.1, -0.05) is 0 Å². The Labute approximate surface area is 181 Å². The largest absolute Gasteiger partial charge is 0.353 e. The fourth-order valence-corrected chi connectivity index (χ4v) is 4.93. The summed E-state index contributed by atoms with van der Waals surface area (Å²) in [6.45, 7) is 2.72. The van der Waals surface area contributed by atoms with Gasteiger partial charge >= 0.3 is 0 Å². The number of nitrogens with two attached hydrogens (primary N) is 1. The van der Waals surface area contributed by atoms with Crippen molar-refractivity contribution in [3.8, 4) is 0 Å². The fourth-order valence-electron chi connectivity index (χ4n) is 4.27. The molecular weight excluding hydrogens is 500 g/mol. The van der Waals surface area contributed by atoms with E-state index in [0.29, 0.717) is 43.5 Å². The third-order valence-electron chi connectivity index (χ3n) is 5.79. The predicted octanol–water partition coefficient (Wildman–Crippen LogP) is 1.87. The molecule has 3 aliphatic rings. The fraction of sp³-hybridized carbons (Fsp3) is 0.722. The maximum Gasteiger partial charge on any atom is 0.265 e. The molecule has 2 N–H and O–H groups in total. The molecule has 0 aromatic carbocycles. The number of aromatic nitrogens is 2. The standard InChI is InChI=1S/C18H24F3IN6O/c1-11-24-14(26-5-4-18(21,22)10-26)6-15(25-11)27-7-12(23)13(8-27)28-9-17(19,20)3-2-16(28)29/h6,12-13H,2-5,7-10,23H2,1H3/t12-,13-,18?/m0/s1. The van der Waals surface area contributed by atoms with E-state index in [1.54, 1.807) is 13.0 Å². The van der Waals surface area contributed by atoms with Crippen LogP contribution in [0.4, 0.5) is 24.8 Å². The minimum Gasteiger partial charge on any atom is -0.353 e. The van der Waals surface area contributed by atoms with E-state index in [2.05, 4.69) is 9.97 Å². The third kappa shape index (κ3) is 4.39. The molecule has 1 aromatic heterocycles. The number of rotatable bonds is 3. The van der Waals surface area contributed by atoms with Crippen LogP contribution in [0.15, 0.2) is 6.07 Å². The van der Waals surface area contributed by atoms with Gasteiger partial charge in [-0.2, -0.15) is 0 Å². The molecule has 4 heterocycles. The SMILES string of the molecule is Cc1nc(N2C[C@H](N)[C@@H](N3CC(F)(F)CCC3=O)C2)cc(N2CCC(F)(I)C2)n1. The smallest absolute Gasteiger partial charge is 0.265 e. The van der Waals surface area contributed by atoms with Crippen LogP contribution in [0.3, 0.4) is 0 Å². The van der Waals surface area contributed by atoms with E-state index in [9.17, 15) is 18.0 Å². The summed E-state index contributed by atoms with van der Waals surface area (Å²) in [6.07, 6.45) is -0.151. The molecule has 3 fully saturated rings. The quantitative estimate of drug-likeness (QED) is 0.481. The Morgan fingerprint density at radius 1 is 1.14 bits per heavy atom. The van der Waals surface area contributed by atoms with Crippen molar-refractivity contribution in [3.63, 3.8) is 0 Å². The average molecular weight is 524 g/mol. The summed E-state index contributed by atoms with van der Waals surface area (Å²) in [6, 6.07) is 0.838. The number of aryl methyl sites for hydroxylation is 1. The molecule has 0 bridgehead atoms. The lowest BCUT2D eigenvalue weighted by atomic mass is 10.0. The van der Waals surface area contributed by atoms with Gasteiger partial charge in [0.25, 0.3) is 5.92 Å². The topological polar surface area (TPSA) is 78.6 Å². The molecule has 29 heavy (non-hydrogen) atoms. The number of hydrogen-bond donors (Lipinski definition) is 1. The second-order valence-electron chi connectivity index (χ2n) is 8.17. The van der Waals surface area contributed by atoms with E-state index in [0.717, 1.165) is 0 Å². The number of halogens is 4. The molecule has 0 aliphatic carbocycles. The van der Waals surface area contributed by atoms with Gasteiger partial charge in [-0.15, -0.1) is 0 Å². The van der Waals surface area contributed by atoms with E-state index in [4.69, 9.17) is 5.73 Å². The minimum absolute atomic E-state index is 0.163. The van der Waals surface area contributed by atoms with Crippen LogP contribution < -0.4 is 15.5 Å². The molecule has 3 aliphatic heterocycles. The summed E-state index contributed by atoms with van der Waals surface area (Å²) in [7, 11) is 0. The molecule has 11 heteroatoms. The van der Waals surface area contributed by atoms with Crippen LogP contribution in [-0.2, 0) is 4.79 Å². The van der Waals surface area contributed by atoms with Gasteiger partial charge in [-0.3, -0.25) is 4.79 Å². The first-order chi connectivity index (χ1) is 13.5. The summed E-state index contributed by atoms with van der Waals surface area (Å²) in [5.74, 6) is -1.36. The van der Waals surface area contributed by atoms with Crippen molar-refractivity contribution in [3.05, 3.63) is 11.9 Å². The molecule has 160 valence electrons. The number of hydrogen-bond acceptors (Lipinski definition) is 6. The maximum absolute atomic E-state index is 14.2. The third-order valence-corrected chi connectivity index (χ3v) is 6.67. The summed E-state index contributed by atoms with van der Waals surface area (Å²) in [5, 5.41) is 0. The molecule has 0 radical (unpaired) electrons. The number of anilines is 2. The summed E-state index contributed by atoms with van der Waals surface area (Å²) < 4.78 is 40.7. The number of alkyl halides is 4. The molecule has 3 atom stereocenters. The lowest BCUT2D eigenvalue weighted by Gasteiger charge is -2.37. The second kappa shape index (κ2) is 7.40. The van der Waals surface area contributed by atoms with E-state index < -0.39 is 34.6 Å². The number of carbonyl (C=O) groups excluding carboxylic acids is 1. The number of amides is 1. The van der Waals surface area contributed by atoms with Gasteiger partial charge in [0, 0.05) is 51.0 Å². The monoisotopic (exact) mass is 524 g/mol. The summed E-state index contributed by atoms with van der Waals surface area (Å²) in [4.78, 5) is 26.2. The molecule has 7 nitrogen and oxygen atoms in total. The minimum atomic E-state index is -2.88. The van der Waals surface area contributed by atoms with Crippen LogP contribution in [0.5, 0.6) is 0 Å². The van der Waals surface area contributed by atoms with Gasteiger partial charge < -0.3 is 20.4 Å². The first kappa shape index (κ1) is 20.9. The van der Waals surface area contributed by atoms with Crippen LogP contribution in [0.2, 0.25) is 0 Å². The Kier molecular flexibility index (Phi) is 5.33. The number of piperidine rings is 1. The number of nitrogens with zero attached hydrogens (tertiary/aromatic N) is 5. The van der Waals surface area contributed by atoms with Crippen molar-refractivity contribution >= 4 is 40.1 Å². The lowest BCUT2D eigenvalue weighted by molar-refractivity contribution is -0.150. The van der Waals surface area contributed by atoms with E-state index >= 15 is 0 Å². The van der Waals surface area contributed by atoms with Crippen LogP contribution >= 0.6 is 22.6 Å². The van der Waals surface area contributed by atoms with E-state index in [1.165, 1.54) is 4.90 Å². The number of carbonyl (C=O) groups is 1. The molecule has 1 amide bonds. The average Bonchev–Trinajstić information content (AvgIpc) is 3.19. The summed E-state index contributed by atoms with van der Waals surface area (Å²) in [5.41, 5.74) is 6.24. The van der Waals surface area contributed by atoms with Crippen LogP contribution in [0.1, 0.15) is 25.1 Å². The Morgan fingerprint density at radius 3 is 2.48 bits per heavy atom. The van der Waals surface area contributed by atoms with Gasteiger partial charge in [0.15, 0.2) is 3.68 Å². The van der Waals surface area contributed by atoms with E-state index in [-0.39, 0.29) is 18.9 Å². The van der Waals surface area contributed by atoms with Gasteiger partial charge in [0.1, 0.15) is 17.5 Å². The molecule has 0 saturated carbocycles. The van der Waals surface area contributed by atoms with Crippen LogP contribution in [-0.4, -0.2) is 75.2 Å². The molecular formula is C18H24F3IN6O. The Morgan fingerprint density at radius 2 is 1.83 bits per heavy atom. The summed E-state index contributed by atoms with van der Waals surface area (Å²) >= 11 is 1.82. The first-order valence-electron chi connectivity index (χ1n) is 9.69. The normalized spacial score (nSPS) is 32.3. The Balaban J connectivity index is 1.53. The molecule has 1 unspecified atom stereocenters. The molecule has 4 rings (SSSR count). The van der Waals surface area contributed by atoms with Crippen molar-refractivity contribution in [2.75, 3.05) is 42.5 Å². The second-order valence-corrected chi connectivity index (χ2v) is 10.1. The Hall–Kier alpha value is -1.37. The van der Waals surface area contributed by atoms with Crippen molar-refractivity contribution in [1.29, 1.82) is 0 Å². The van der Waals surface area contributed by atoms with Gasteiger partial charge in [0.2, 0.25) is 5.91 Å². The predicted molar refractivity (Wildman–Crippen MR) is 111 cm³/mol. The van der Waals surface area contributed by atoms with Gasteiger partial charge in [0.05, 0.1) is 19.1 Å². The zero-order chi connectivity index (χ0) is 21.0. The van der Waals surface area contributed by atoms with E-state index in [1.807, 2.05) is 32.4 Å². The molecule has 0 spiro atoms. The van der Waals surface area contributed by atoms with Crippen molar-refractivity contribution < 1.29 is 18.0 Å². The number of likely N-dealkylation sites (tertiary alicyclic amines) is 1. The highest BCUT2D eigenvalue weighted by atomic mass is 127. The zero-order valence-corrected chi connectivity index (χ0v) is 18.3. The van der Waals surface area contributed by atoms with Crippen LogP contribution in [0.25, 0.3) is 0 Å². The molecule has 3 saturated heterocycles. The zero-order valence-electron chi connectivity index (χ0n) is 16.1.